The molecular weight excluding hydrogens is 324 g/mol. The number of allylic oxidation sites excluding steroid dienone is 3. The largest absolute Gasteiger partial charge is 0.103 e. The van der Waals surface area contributed by atoms with Crippen molar-refractivity contribution in [2.45, 2.75) is 148 Å². The first kappa shape index (κ1) is 26.5. The fourth-order valence-corrected chi connectivity index (χ4v) is 3.78. The number of hydrogen-bond acceptors (Lipinski definition) is 0. The molecule has 0 aromatic heterocycles. The summed E-state index contributed by atoms with van der Waals surface area (Å²) in [6.07, 6.45) is 37.9. The Morgan fingerprint density at radius 2 is 0.741 bits per heavy atom. The second-order valence-electron chi connectivity index (χ2n) is 8.49. The standard InChI is InChI=1S/C27H52/c1-3-5-7-9-11-13-15-17-19-21-23-25-27-26-24-22-20-18-16-14-12-10-8-6-4-2/h3,11,13H,1,4-10,12,14-27H2,2H3. The van der Waals surface area contributed by atoms with Crippen molar-refractivity contribution < 1.29 is 0 Å². The van der Waals surface area contributed by atoms with Crippen molar-refractivity contribution in [2.75, 3.05) is 0 Å². The molecular formula is C27H52. The normalized spacial score (nSPS) is 11.4. The first-order valence-corrected chi connectivity index (χ1v) is 12.7. The first-order chi connectivity index (χ1) is 13.4. The van der Waals surface area contributed by atoms with Crippen LogP contribution in [0.5, 0.6) is 0 Å². The second kappa shape index (κ2) is 25.5. The van der Waals surface area contributed by atoms with E-state index in [0.717, 1.165) is 6.42 Å². The molecule has 0 saturated carbocycles. The molecule has 0 aliphatic heterocycles. The van der Waals surface area contributed by atoms with Gasteiger partial charge in [-0.2, -0.15) is 0 Å². The Bertz CT molecular complexity index is 288. The van der Waals surface area contributed by atoms with Gasteiger partial charge in [0.05, 0.1) is 0 Å². The maximum Gasteiger partial charge on any atom is -0.0348 e. The van der Waals surface area contributed by atoms with Crippen molar-refractivity contribution in [1.29, 1.82) is 0 Å². The number of unbranched alkanes of at least 4 members (excludes halogenated alkanes) is 20. The van der Waals surface area contributed by atoms with E-state index in [4.69, 9.17) is 0 Å². The molecule has 0 unspecified atom stereocenters. The second-order valence-corrected chi connectivity index (χ2v) is 8.49. The van der Waals surface area contributed by atoms with Gasteiger partial charge in [0.1, 0.15) is 0 Å². The number of rotatable bonds is 23. The molecule has 27 heavy (non-hydrogen) atoms. The van der Waals surface area contributed by atoms with Crippen molar-refractivity contribution in [3.05, 3.63) is 24.8 Å². The van der Waals surface area contributed by atoms with Crippen molar-refractivity contribution in [3.8, 4) is 0 Å². The molecule has 0 aromatic rings. The van der Waals surface area contributed by atoms with E-state index in [2.05, 4.69) is 25.7 Å². The van der Waals surface area contributed by atoms with Crippen molar-refractivity contribution in [1.82, 2.24) is 0 Å². The van der Waals surface area contributed by atoms with Crippen molar-refractivity contribution in [2.24, 2.45) is 0 Å². The summed E-state index contributed by atoms with van der Waals surface area (Å²) in [6, 6.07) is 0. The zero-order valence-electron chi connectivity index (χ0n) is 19.0. The minimum absolute atomic E-state index is 1.16. The summed E-state index contributed by atoms with van der Waals surface area (Å²) in [5.74, 6) is 0. The van der Waals surface area contributed by atoms with E-state index in [1.54, 1.807) is 0 Å². The monoisotopic (exact) mass is 376 g/mol. The Morgan fingerprint density at radius 1 is 0.407 bits per heavy atom. The summed E-state index contributed by atoms with van der Waals surface area (Å²) in [7, 11) is 0. The lowest BCUT2D eigenvalue weighted by Gasteiger charge is -2.03. The average Bonchev–Trinajstić information content (AvgIpc) is 2.68. The van der Waals surface area contributed by atoms with Crippen molar-refractivity contribution in [3.63, 3.8) is 0 Å². The molecule has 0 heteroatoms. The van der Waals surface area contributed by atoms with Crippen LogP contribution in [0.25, 0.3) is 0 Å². The highest BCUT2D eigenvalue weighted by Gasteiger charge is 1.94. The van der Waals surface area contributed by atoms with Crippen LogP contribution in [0.15, 0.2) is 24.8 Å². The lowest BCUT2D eigenvalue weighted by molar-refractivity contribution is 0.525. The summed E-state index contributed by atoms with van der Waals surface area (Å²) in [5, 5.41) is 0. The molecule has 0 heterocycles. The van der Waals surface area contributed by atoms with E-state index >= 15 is 0 Å². The summed E-state index contributed by atoms with van der Waals surface area (Å²) in [6.45, 7) is 6.06. The Labute approximate surface area is 173 Å². The van der Waals surface area contributed by atoms with Gasteiger partial charge in [-0.25, -0.2) is 0 Å². The number of hydrogen-bond donors (Lipinski definition) is 0. The molecule has 0 aliphatic rings. The molecule has 0 fully saturated rings. The van der Waals surface area contributed by atoms with Crippen LogP contribution in [0.2, 0.25) is 0 Å². The summed E-state index contributed by atoms with van der Waals surface area (Å²) < 4.78 is 0. The van der Waals surface area contributed by atoms with Gasteiger partial charge in [-0.05, 0) is 32.1 Å². The predicted molar refractivity (Wildman–Crippen MR) is 127 cm³/mol. The first-order valence-electron chi connectivity index (χ1n) is 12.7. The molecule has 0 rings (SSSR count). The lowest BCUT2D eigenvalue weighted by atomic mass is 10.0. The maximum absolute atomic E-state index is 3.76. The topological polar surface area (TPSA) is 0 Å². The fraction of sp³-hybridized carbons (Fsp3) is 0.852. The van der Waals surface area contributed by atoms with E-state index in [1.165, 1.54) is 135 Å². The van der Waals surface area contributed by atoms with Crippen LogP contribution in [0, 0.1) is 0 Å². The molecule has 160 valence electrons. The van der Waals surface area contributed by atoms with Gasteiger partial charge in [0, 0.05) is 0 Å². The van der Waals surface area contributed by atoms with Crippen LogP contribution in [0.3, 0.4) is 0 Å². The van der Waals surface area contributed by atoms with Gasteiger partial charge in [0.25, 0.3) is 0 Å². The van der Waals surface area contributed by atoms with E-state index in [9.17, 15) is 0 Å². The average molecular weight is 377 g/mol. The molecule has 0 radical (unpaired) electrons. The third-order valence-electron chi connectivity index (χ3n) is 5.67. The molecule has 0 saturated heterocycles. The van der Waals surface area contributed by atoms with Crippen LogP contribution < -0.4 is 0 Å². The quantitative estimate of drug-likeness (QED) is 0.123. The van der Waals surface area contributed by atoms with Crippen LogP contribution in [0.1, 0.15) is 148 Å². The molecule has 0 nitrogen and oxygen atoms in total. The van der Waals surface area contributed by atoms with E-state index in [-0.39, 0.29) is 0 Å². The Balaban J connectivity index is 3.02. The van der Waals surface area contributed by atoms with Gasteiger partial charge in [-0.15, -0.1) is 6.58 Å². The molecule has 0 aromatic carbocycles. The van der Waals surface area contributed by atoms with E-state index in [0.29, 0.717) is 0 Å². The zero-order valence-corrected chi connectivity index (χ0v) is 19.0. The highest BCUT2D eigenvalue weighted by atomic mass is 14.0. The predicted octanol–water partition coefficient (Wildman–Crippen LogP) is 10.3. The smallest absolute Gasteiger partial charge is 0.0348 e. The highest BCUT2D eigenvalue weighted by molar-refractivity contribution is 4.82. The molecule has 0 N–H and O–H groups in total. The highest BCUT2D eigenvalue weighted by Crippen LogP contribution is 2.14. The van der Waals surface area contributed by atoms with Crippen LogP contribution in [-0.2, 0) is 0 Å². The van der Waals surface area contributed by atoms with Crippen LogP contribution in [0.4, 0.5) is 0 Å². The fourth-order valence-electron chi connectivity index (χ4n) is 3.78. The SMILES string of the molecule is C=CCCCC=CCCCCCCCCCCCCCCCCCCCC. The third-order valence-corrected chi connectivity index (χ3v) is 5.67. The maximum atomic E-state index is 3.76. The van der Waals surface area contributed by atoms with Gasteiger partial charge in [0.15, 0.2) is 0 Å². The van der Waals surface area contributed by atoms with Gasteiger partial charge in [-0.3, -0.25) is 0 Å². The third kappa shape index (κ3) is 25.5. The van der Waals surface area contributed by atoms with Crippen molar-refractivity contribution >= 4 is 0 Å². The van der Waals surface area contributed by atoms with E-state index < -0.39 is 0 Å². The molecule has 0 spiro atoms. The Kier molecular flexibility index (Phi) is 25.0. The van der Waals surface area contributed by atoms with E-state index in [1.807, 2.05) is 6.08 Å². The minimum atomic E-state index is 1.16. The Hall–Kier alpha value is -0.520. The molecule has 0 bridgehead atoms. The summed E-state index contributed by atoms with van der Waals surface area (Å²) in [5.41, 5.74) is 0. The van der Waals surface area contributed by atoms with Crippen LogP contribution >= 0.6 is 0 Å². The van der Waals surface area contributed by atoms with Gasteiger partial charge < -0.3 is 0 Å². The minimum Gasteiger partial charge on any atom is -0.103 e. The molecule has 0 aliphatic carbocycles. The zero-order chi connectivity index (χ0) is 19.7. The lowest BCUT2D eigenvalue weighted by Crippen LogP contribution is -1.84. The summed E-state index contributed by atoms with van der Waals surface area (Å²) >= 11 is 0. The molecule has 0 atom stereocenters. The van der Waals surface area contributed by atoms with Crippen LogP contribution in [-0.4, -0.2) is 0 Å². The summed E-state index contributed by atoms with van der Waals surface area (Å²) in [4.78, 5) is 0. The van der Waals surface area contributed by atoms with Gasteiger partial charge in [0.2, 0.25) is 0 Å². The van der Waals surface area contributed by atoms with Gasteiger partial charge >= 0.3 is 0 Å². The van der Waals surface area contributed by atoms with Gasteiger partial charge in [-0.1, -0.05) is 134 Å². The Morgan fingerprint density at radius 3 is 1.11 bits per heavy atom. The molecule has 0 amide bonds.